The number of furan rings is 1. The molecular formula is C20H19N3O. The van der Waals surface area contributed by atoms with E-state index in [4.69, 9.17) is 4.42 Å². The van der Waals surface area contributed by atoms with Crippen LogP contribution in [-0.2, 0) is 6.54 Å². The van der Waals surface area contributed by atoms with E-state index in [9.17, 15) is 5.26 Å². The number of hydrogen-bond acceptors (Lipinski definition) is 4. The molecule has 3 aromatic rings. The third kappa shape index (κ3) is 2.86. The van der Waals surface area contributed by atoms with Crippen molar-refractivity contribution in [1.29, 1.82) is 5.26 Å². The van der Waals surface area contributed by atoms with E-state index in [1.807, 2.05) is 42.5 Å². The SMILES string of the molecule is N#Cc1ccccc1N1CCN(Cc2cc3ccccc3o2)CC1. The number of rotatable bonds is 3. The smallest absolute Gasteiger partial charge is 0.134 e. The third-order valence-corrected chi connectivity index (χ3v) is 4.59. The van der Waals surface area contributed by atoms with Crippen LogP contribution in [0.1, 0.15) is 11.3 Å². The van der Waals surface area contributed by atoms with Crippen molar-refractivity contribution in [1.82, 2.24) is 4.90 Å². The van der Waals surface area contributed by atoms with E-state index in [2.05, 4.69) is 28.0 Å². The lowest BCUT2D eigenvalue weighted by atomic mass is 10.1. The van der Waals surface area contributed by atoms with Gasteiger partial charge < -0.3 is 9.32 Å². The van der Waals surface area contributed by atoms with Crippen molar-refractivity contribution in [2.45, 2.75) is 6.54 Å². The van der Waals surface area contributed by atoms with Gasteiger partial charge in [-0.15, -0.1) is 0 Å². The van der Waals surface area contributed by atoms with E-state index in [0.29, 0.717) is 0 Å². The molecule has 4 rings (SSSR count). The van der Waals surface area contributed by atoms with Gasteiger partial charge in [-0.25, -0.2) is 0 Å². The second-order valence-electron chi connectivity index (χ2n) is 6.14. The fraction of sp³-hybridized carbons (Fsp3) is 0.250. The molecule has 4 nitrogen and oxygen atoms in total. The molecule has 120 valence electrons. The summed E-state index contributed by atoms with van der Waals surface area (Å²) < 4.78 is 5.92. The zero-order chi connectivity index (χ0) is 16.4. The van der Waals surface area contributed by atoms with E-state index in [0.717, 1.165) is 60.7 Å². The normalized spacial score (nSPS) is 15.5. The quantitative estimate of drug-likeness (QED) is 0.740. The standard InChI is InChI=1S/C20H19N3O/c21-14-17-6-1-3-7-19(17)23-11-9-22(10-12-23)15-18-13-16-5-2-4-8-20(16)24-18/h1-8,13H,9-12,15H2. The van der Waals surface area contributed by atoms with Crippen molar-refractivity contribution in [2.75, 3.05) is 31.1 Å². The van der Waals surface area contributed by atoms with Gasteiger partial charge in [0.05, 0.1) is 17.8 Å². The fourth-order valence-electron chi connectivity index (χ4n) is 3.33. The highest BCUT2D eigenvalue weighted by molar-refractivity contribution is 5.77. The average molecular weight is 317 g/mol. The Morgan fingerprint density at radius 1 is 0.958 bits per heavy atom. The van der Waals surface area contributed by atoms with Gasteiger partial charge in [0, 0.05) is 31.6 Å². The zero-order valence-corrected chi connectivity index (χ0v) is 13.5. The molecule has 1 aliphatic rings. The minimum Gasteiger partial charge on any atom is -0.460 e. The maximum Gasteiger partial charge on any atom is 0.134 e. The molecular weight excluding hydrogens is 298 g/mol. The van der Waals surface area contributed by atoms with Gasteiger partial charge in [0.25, 0.3) is 0 Å². The maximum atomic E-state index is 9.27. The van der Waals surface area contributed by atoms with Crippen LogP contribution in [0.5, 0.6) is 0 Å². The Balaban J connectivity index is 1.42. The van der Waals surface area contributed by atoms with Gasteiger partial charge >= 0.3 is 0 Å². The molecule has 2 heterocycles. The summed E-state index contributed by atoms with van der Waals surface area (Å²) in [4.78, 5) is 4.71. The number of piperazine rings is 1. The number of nitrogens with zero attached hydrogens (tertiary/aromatic N) is 3. The first-order chi connectivity index (χ1) is 11.8. The Kier molecular flexibility index (Phi) is 3.94. The van der Waals surface area contributed by atoms with Crippen LogP contribution < -0.4 is 4.90 Å². The molecule has 0 aliphatic carbocycles. The van der Waals surface area contributed by atoms with Crippen LogP contribution in [0, 0.1) is 11.3 Å². The highest BCUT2D eigenvalue weighted by atomic mass is 16.3. The van der Waals surface area contributed by atoms with E-state index in [-0.39, 0.29) is 0 Å². The van der Waals surface area contributed by atoms with Crippen molar-refractivity contribution >= 4 is 16.7 Å². The summed E-state index contributed by atoms with van der Waals surface area (Å²) in [5.41, 5.74) is 2.75. The lowest BCUT2D eigenvalue weighted by Gasteiger charge is -2.36. The molecule has 0 radical (unpaired) electrons. The molecule has 0 N–H and O–H groups in total. The van der Waals surface area contributed by atoms with Crippen molar-refractivity contribution < 1.29 is 4.42 Å². The number of anilines is 1. The summed E-state index contributed by atoms with van der Waals surface area (Å²) in [6, 6.07) is 20.4. The molecule has 0 atom stereocenters. The van der Waals surface area contributed by atoms with Crippen molar-refractivity contribution in [3.8, 4) is 6.07 Å². The second-order valence-corrected chi connectivity index (χ2v) is 6.14. The number of hydrogen-bond donors (Lipinski definition) is 0. The lowest BCUT2D eigenvalue weighted by molar-refractivity contribution is 0.232. The van der Waals surface area contributed by atoms with Gasteiger partial charge in [-0.1, -0.05) is 30.3 Å². The number of nitriles is 1. The van der Waals surface area contributed by atoms with Crippen LogP contribution in [0.3, 0.4) is 0 Å². The predicted molar refractivity (Wildman–Crippen MR) is 94.9 cm³/mol. The van der Waals surface area contributed by atoms with Gasteiger partial charge in [-0.3, -0.25) is 4.90 Å². The largest absolute Gasteiger partial charge is 0.460 e. The molecule has 1 aliphatic heterocycles. The van der Waals surface area contributed by atoms with Gasteiger partial charge in [-0.2, -0.15) is 5.26 Å². The maximum absolute atomic E-state index is 9.27. The summed E-state index contributed by atoms with van der Waals surface area (Å²) in [7, 11) is 0. The van der Waals surface area contributed by atoms with Crippen LogP contribution in [0.2, 0.25) is 0 Å². The summed E-state index contributed by atoms with van der Waals surface area (Å²) in [6.45, 7) is 4.63. The highest BCUT2D eigenvalue weighted by Gasteiger charge is 2.20. The average Bonchev–Trinajstić information content (AvgIpc) is 3.04. The molecule has 0 bridgehead atoms. The summed E-state index contributed by atoms with van der Waals surface area (Å²) in [5.74, 6) is 1.02. The number of para-hydroxylation sites is 2. The zero-order valence-electron chi connectivity index (χ0n) is 13.5. The monoisotopic (exact) mass is 317 g/mol. The van der Waals surface area contributed by atoms with Crippen LogP contribution in [0.15, 0.2) is 59.0 Å². The van der Waals surface area contributed by atoms with E-state index in [1.54, 1.807) is 0 Å². The van der Waals surface area contributed by atoms with E-state index in [1.165, 1.54) is 0 Å². The topological polar surface area (TPSA) is 43.4 Å². The second kappa shape index (κ2) is 6.38. The molecule has 4 heteroatoms. The minimum absolute atomic E-state index is 0.753. The Morgan fingerprint density at radius 3 is 2.50 bits per heavy atom. The fourth-order valence-corrected chi connectivity index (χ4v) is 3.33. The Hall–Kier alpha value is -2.77. The van der Waals surface area contributed by atoms with Gasteiger partial charge in [0.15, 0.2) is 0 Å². The van der Waals surface area contributed by atoms with Crippen LogP contribution >= 0.6 is 0 Å². The number of benzene rings is 2. The summed E-state index contributed by atoms with van der Waals surface area (Å²) >= 11 is 0. The molecule has 0 amide bonds. The van der Waals surface area contributed by atoms with Crippen LogP contribution in [0.4, 0.5) is 5.69 Å². The highest BCUT2D eigenvalue weighted by Crippen LogP contribution is 2.23. The molecule has 0 saturated carbocycles. The van der Waals surface area contributed by atoms with E-state index < -0.39 is 0 Å². The van der Waals surface area contributed by atoms with Crippen molar-refractivity contribution in [3.63, 3.8) is 0 Å². The Labute approximate surface area is 141 Å². The first-order valence-electron chi connectivity index (χ1n) is 8.27. The Bertz CT molecular complexity index is 852. The van der Waals surface area contributed by atoms with Gasteiger partial charge in [0.1, 0.15) is 17.4 Å². The van der Waals surface area contributed by atoms with Crippen molar-refractivity contribution in [2.24, 2.45) is 0 Å². The first-order valence-corrected chi connectivity index (χ1v) is 8.27. The number of fused-ring (bicyclic) bond motifs is 1. The molecule has 1 fully saturated rings. The van der Waals surface area contributed by atoms with Crippen molar-refractivity contribution in [3.05, 3.63) is 65.9 Å². The van der Waals surface area contributed by atoms with E-state index >= 15 is 0 Å². The lowest BCUT2D eigenvalue weighted by Crippen LogP contribution is -2.46. The Morgan fingerprint density at radius 2 is 1.71 bits per heavy atom. The third-order valence-electron chi connectivity index (χ3n) is 4.59. The molecule has 24 heavy (non-hydrogen) atoms. The molecule has 2 aromatic carbocycles. The van der Waals surface area contributed by atoms with Crippen LogP contribution in [-0.4, -0.2) is 31.1 Å². The summed E-state index contributed by atoms with van der Waals surface area (Å²) in [5, 5.41) is 10.4. The molecule has 1 aromatic heterocycles. The first kappa shape index (κ1) is 14.8. The molecule has 0 spiro atoms. The van der Waals surface area contributed by atoms with Gasteiger partial charge in [-0.05, 0) is 24.3 Å². The van der Waals surface area contributed by atoms with Gasteiger partial charge in [0.2, 0.25) is 0 Å². The minimum atomic E-state index is 0.753. The van der Waals surface area contributed by atoms with Crippen LogP contribution in [0.25, 0.3) is 11.0 Å². The predicted octanol–water partition coefficient (Wildman–Crippen LogP) is 3.63. The summed E-state index contributed by atoms with van der Waals surface area (Å²) in [6.07, 6.45) is 0. The molecule has 0 unspecified atom stereocenters. The molecule has 1 saturated heterocycles.